The molecule has 1 saturated heterocycles. The number of aryl methyl sites for hydroxylation is 1. The highest BCUT2D eigenvalue weighted by atomic mass is 32.2. The van der Waals surface area contributed by atoms with Gasteiger partial charge in [0.25, 0.3) is 0 Å². The zero-order valence-corrected chi connectivity index (χ0v) is 13.2. The fourth-order valence-electron chi connectivity index (χ4n) is 2.76. The molecule has 1 aliphatic rings. The van der Waals surface area contributed by atoms with Crippen LogP contribution in [0.15, 0.2) is 28.3 Å². The summed E-state index contributed by atoms with van der Waals surface area (Å²) in [6, 6.07) is 3.84. The molecule has 3 rings (SSSR count). The number of likely N-dealkylation sites (tertiary alicyclic amines) is 1. The molecule has 3 heterocycles. The van der Waals surface area contributed by atoms with Gasteiger partial charge in [0.2, 0.25) is 0 Å². The molecule has 0 spiro atoms. The van der Waals surface area contributed by atoms with Crippen molar-refractivity contribution in [3.05, 3.63) is 34.4 Å². The maximum Gasteiger partial charge on any atom is 0.355 e. The molecule has 0 aromatic carbocycles. The lowest BCUT2D eigenvalue weighted by Gasteiger charge is -2.22. The second kappa shape index (κ2) is 6.58. The molecule has 0 amide bonds. The minimum Gasteiger partial charge on any atom is -0.334 e. The summed E-state index contributed by atoms with van der Waals surface area (Å²) in [5.74, 6) is 0.969. The molecule has 21 heavy (non-hydrogen) atoms. The quantitative estimate of drug-likeness (QED) is 0.839. The molecule has 112 valence electrons. The van der Waals surface area contributed by atoms with Crippen LogP contribution in [0.3, 0.4) is 0 Å². The number of hydrogen-bond acceptors (Lipinski definition) is 4. The Morgan fingerprint density at radius 2 is 2.05 bits per heavy atom. The van der Waals surface area contributed by atoms with Crippen molar-refractivity contribution < 1.29 is 4.90 Å². The summed E-state index contributed by atoms with van der Waals surface area (Å²) in [7, 11) is 0. The topological polar surface area (TPSA) is 51.7 Å². The lowest BCUT2D eigenvalue weighted by Crippen LogP contribution is -3.13. The van der Waals surface area contributed by atoms with E-state index in [0.717, 1.165) is 17.9 Å². The first-order valence-electron chi connectivity index (χ1n) is 7.56. The number of aromatic nitrogens is 3. The van der Waals surface area contributed by atoms with Gasteiger partial charge in [-0.2, -0.15) is 4.98 Å². The third kappa shape index (κ3) is 3.63. The molecule has 1 fully saturated rings. The molecule has 0 bridgehead atoms. The minimum absolute atomic E-state index is 0.239. The van der Waals surface area contributed by atoms with Crippen molar-refractivity contribution in [1.29, 1.82) is 0 Å². The zero-order chi connectivity index (χ0) is 14.7. The van der Waals surface area contributed by atoms with E-state index in [1.165, 1.54) is 36.8 Å². The van der Waals surface area contributed by atoms with Crippen LogP contribution in [0.1, 0.15) is 24.8 Å². The van der Waals surface area contributed by atoms with Crippen molar-refractivity contribution in [2.24, 2.45) is 0 Å². The van der Waals surface area contributed by atoms with E-state index in [0.29, 0.717) is 10.8 Å². The molecular formula is C15H21N4OS+. The average Bonchev–Trinajstić information content (AvgIpc) is 2.49. The Hall–Kier alpha value is -1.40. The maximum absolute atomic E-state index is 12.0. The molecule has 5 nitrogen and oxygen atoms in total. The Kier molecular flexibility index (Phi) is 4.55. The Bertz CT molecular complexity index is 679. The van der Waals surface area contributed by atoms with Crippen LogP contribution in [0.2, 0.25) is 0 Å². The zero-order valence-electron chi connectivity index (χ0n) is 12.3. The first kappa shape index (κ1) is 14.5. The van der Waals surface area contributed by atoms with E-state index >= 15 is 0 Å². The first-order chi connectivity index (χ1) is 10.2. The third-order valence-corrected chi connectivity index (χ3v) is 4.78. The fraction of sp³-hybridized carbons (Fsp3) is 0.533. The highest BCUT2D eigenvalue weighted by molar-refractivity contribution is 7.99. The maximum atomic E-state index is 12.0. The average molecular weight is 305 g/mol. The summed E-state index contributed by atoms with van der Waals surface area (Å²) < 4.78 is 1.51. The van der Waals surface area contributed by atoms with Gasteiger partial charge in [-0.1, -0.05) is 17.8 Å². The van der Waals surface area contributed by atoms with Crippen molar-refractivity contribution >= 4 is 17.4 Å². The largest absolute Gasteiger partial charge is 0.355 e. The van der Waals surface area contributed by atoms with E-state index in [1.54, 1.807) is 22.9 Å². The second-order valence-corrected chi connectivity index (χ2v) is 6.69. The second-order valence-electron chi connectivity index (χ2n) is 5.63. The number of nitrogens with zero attached hydrogens (tertiary/aromatic N) is 3. The molecule has 6 heteroatoms. The van der Waals surface area contributed by atoms with Crippen LogP contribution in [0.5, 0.6) is 0 Å². The van der Waals surface area contributed by atoms with Crippen LogP contribution >= 0.6 is 11.8 Å². The highest BCUT2D eigenvalue weighted by Gasteiger charge is 2.13. The number of hydrogen-bond donors (Lipinski definition) is 1. The summed E-state index contributed by atoms with van der Waals surface area (Å²) in [4.78, 5) is 22.2. The number of fused-ring (bicyclic) bond motifs is 1. The molecule has 0 radical (unpaired) electrons. The summed E-state index contributed by atoms with van der Waals surface area (Å²) >= 11 is 1.59. The minimum atomic E-state index is -0.239. The Balaban J connectivity index is 1.67. The van der Waals surface area contributed by atoms with Crippen LogP contribution in [0.25, 0.3) is 5.65 Å². The van der Waals surface area contributed by atoms with Gasteiger partial charge >= 0.3 is 5.69 Å². The lowest BCUT2D eigenvalue weighted by molar-refractivity contribution is -0.902. The van der Waals surface area contributed by atoms with Crippen LogP contribution in [-0.4, -0.2) is 39.8 Å². The predicted octanol–water partition coefficient (Wildman–Crippen LogP) is 0.559. The number of pyridine rings is 1. The van der Waals surface area contributed by atoms with Crippen LogP contribution in [-0.2, 0) is 0 Å². The number of rotatable bonds is 4. The number of thioether (sulfide) groups is 1. The lowest BCUT2D eigenvalue weighted by atomic mass is 10.1. The standard InChI is InChI=1S/C15H20N4OS/c1-12-5-6-13-16-14(17-15(20)19(13)11-12)21-10-9-18-7-3-2-4-8-18/h5-6,11H,2-4,7-10H2,1H3/p+1. The van der Waals surface area contributed by atoms with Gasteiger partial charge in [-0.25, -0.2) is 9.78 Å². The van der Waals surface area contributed by atoms with E-state index < -0.39 is 0 Å². The van der Waals surface area contributed by atoms with Crippen LogP contribution < -0.4 is 10.6 Å². The van der Waals surface area contributed by atoms with Gasteiger partial charge < -0.3 is 4.90 Å². The fourth-order valence-corrected chi connectivity index (χ4v) is 3.63. The third-order valence-electron chi connectivity index (χ3n) is 3.93. The summed E-state index contributed by atoms with van der Waals surface area (Å²) in [6.45, 7) is 5.64. The van der Waals surface area contributed by atoms with Gasteiger partial charge in [0, 0.05) is 6.20 Å². The number of piperidine rings is 1. The molecule has 1 aliphatic heterocycles. The number of nitrogens with one attached hydrogen (secondary N) is 1. The van der Waals surface area contributed by atoms with Gasteiger partial charge in [0.1, 0.15) is 5.65 Å². The van der Waals surface area contributed by atoms with E-state index in [1.807, 2.05) is 19.1 Å². The monoisotopic (exact) mass is 305 g/mol. The van der Waals surface area contributed by atoms with Crippen molar-refractivity contribution in [3.8, 4) is 0 Å². The van der Waals surface area contributed by atoms with Crippen molar-refractivity contribution in [2.75, 3.05) is 25.4 Å². The molecule has 0 aliphatic carbocycles. The molecule has 0 atom stereocenters. The molecule has 0 unspecified atom stereocenters. The smallest absolute Gasteiger partial charge is 0.334 e. The normalized spacial score (nSPS) is 16.4. The van der Waals surface area contributed by atoms with Crippen molar-refractivity contribution in [3.63, 3.8) is 0 Å². The highest BCUT2D eigenvalue weighted by Crippen LogP contribution is 2.11. The number of quaternary nitrogens is 1. The summed E-state index contributed by atoms with van der Waals surface area (Å²) in [6.07, 6.45) is 5.84. The molecule has 1 N–H and O–H groups in total. The molecule has 2 aromatic heterocycles. The van der Waals surface area contributed by atoms with E-state index in [4.69, 9.17) is 0 Å². The van der Waals surface area contributed by atoms with Crippen LogP contribution in [0, 0.1) is 6.92 Å². The van der Waals surface area contributed by atoms with Gasteiger partial charge in [-0.05, 0) is 37.8 Å². The molecule has 2 aromatic rings. The Morgan fingerprint density at radius 3 is 2.86 bits per heavy atom. The Morgan fingerprint density at radius 1 is 1.24 bits per heavy atom. The van der Waals surface area contributed by atoms with Crippen molar-refractivity contribution in [2.45, 2.75) is 31.3 Å². The summed E-state index contributed by atoms with van der Waals surface area (Å²) in [5.41, 5.74) is 1.47. The SMILES string of the molecule is Cc1ccc2nc(SCC[NH+]3CCCCC3)nc(=O)n2c1. The summed E-state index contributed by atoms with van der Waals surface area (Å²) in [5, 5.41) is 0.597. The van der Waals surface area contributed by atoms with Gasteiger partial charge in [0.15, 0.2) is 5.16 Å². The van der Waals surface area contributed by atoms with Gasteiger partial charge in [-0.15, -0.1) is 0 Å². The van der Waals surface area contributed by atoms with E-state index in [-0.39, 0.29) is 5.69 Å². The Labute approximate surface area is 128 Å². The van der Waals surface area contributed by atoms with Gasteiger partial charge in [0.05, 0.1) is 25.4 Å². The molecular weight excluding hydrogens is 284 g/mol. The molecule has 0 saturated carbocycles. The predicted molar refractivity (Wildman–Crippen MR) is 84.1 cm³/mol. The first-order valence-corrected chi connectivity index (χ1v) is 8.54. The van der Waals surface area contributed by atoms with Crippen LogP contribution in [0.4, 0.5) is 0 Å². The van der Waals surface area contributed by atoms with Crippen molar-refractivity contribution in [1.82, 2.24) is 14.4 Å². The van der Waals surface area contributed by atoms with Gasteiger partial charge in [-0.3, -0.25) is 4.40 Å². The van der Waals surface area contributed by atoms with E-state index in [9.17, 15) is 4.79 Å². The van der Waals surface area contributed by atoms with E-state index in [2.05, 4.69) is 9.97 Å².